The fourth-order valence-electron chi connectivity index (χ4n) is 2.25. The Labute approximate surface area is 131 Å². The molecule has 1 heterocycles. The van der Waals surface area contributed by atoms with E-state index >= 15 is 0 Å². The first-order valence-electron chi connectivity index (χ1n) is 7.83. The molecule has 0 radical (unpaired) electrons. The number of carbonyl (C=O) groups excluding carboxylic acids is 1. The molecule has 0 saturated heterocycles. The van der Waals surface area contributed by atoms with Crippen LogP contribution in [0.1, 0.15) is 39.3 Å². The average molecular weight is 300 g/mol. The van der Waals surface area contributed by atoms with Gasteiger partial charge in [0.1, 0.15) is 6.26 Å². The van der Waals surface area contributed by atoms with Gasteiger partial charge in [-0.2, -0.15) is 0 Å². The van der Waals surface area contributed by atoms with Crippen LogP contribution in [-0.4, -0.2) is 16.9 Å². The first-order valence-corrected chi connectivity index (χ1v) is 7.83. The number of carbonyl (C=O) groups is 1. The first-order chi connectivity index (χ1) is 10.5. The Morgan fingerprint density at radius 2 is 1.91 bits per heavy atom. The molecule has 0 aliphatic rings. The fraction of sp³-hybridized carbons (Fsp3) is 0.444. The number of oxazole rings is 1. The van der Waals surface area contributed by atoms with Gasteiger partial charge in [-0.25, -0.2) is 4.98 Å². The van der Waals surface area contributed by atoms with Crippen molar-refractivity contribution in [3.05, 3.63) is 42.3 Å². The first kappa shape index (κ1) is 16.3. The van der Waals surface area contributed by atoms with Gasteiger partial charge in [-0.05, 0) is 37.8 Å². The van der Waals surface area contributed by atoms with E-state index in [1.54, 1.807) is 6.26 Å². The Balaban J connectivity index is 1.86. The summed E-state index contributed by atoms with van der Waals surface area (Å²) in [6.45, 7) is 6.42. The van der Waals surface area contributed by atoms with E-state index in [-0.39, 0.29) is 18.4 Å². The zero-order valence-corrected chi connectivity index (χ0v) is 13.5. The van der Waals surface area contributed by atoms with Crippen molar-refractivity contribution in [1.82, 2.24) is 10.3 Å². The van der Waals surface area contributed by atoms with Gasteiger partial charge in [-0.3, -0.25) is 4.79 Å². The summed E-state index contributed by atoms with van der Waals surface area (Å²) in [6, 6.07) is 9.87. The monoisotopic (exact) mass is 300 g/mol. The summed E-state index contributed by atoms with van der Waals surface area (Å²) < 4.78 is 5.44. The minimum absolute atomic E-state index is 0.0100. The topological polar surface area (TPSA) is 55.1 Å². The molecule has 118 valence electrons. The predicted octanol–water partition coefficient (Wildman–Crippen LogP) is 3.83. The number of nitrogens with one attached hydrogen (secondary N) is 1. The lowest BCUT2D eigenvalue weighted by Crippen LogP contribution is -2.33. The van der Waals surface area contributed by atoms with Gasteiger partial charge >= 0.3 is 0 Å². The molecule has 0 spiro atoms. The number of hydrogen-bond acceptors (Lipinski definition) is 3. The third-order valence-corrected chi connectivity index (χ3v) is 3.50. The molecule has 1 amide bonds. The molecule has 4 nitrogen and oxygen atoms in total. The summed E-state index contributed by atoms with van der Waals surface area (Å²) in [7, 11) is 0. The summed E-state index contributed by atoms with van der Waals surface area (Å²) in [5, 5.41) is 3.01. The maximum atomic E-state index is 12.0. The van der Waals surface area contributed by atoms with Crippen LogP contribution in [0.3, 0.4) is 0 Å². The van der Waals surface area contributed by atoms with Crippen molar-refractivity contribution in [2.45, 2.75) is 46.1 Å². The molecule has 0 bridgehead atoms. The maximum Gasteiger partial charge on any atom is 0.226 e. The van der Waals surface area contributed by atoms with Crippen LogP contribution < -0.4 is 5.32 Å². The minimum Gasteiger partial charge on any atom is -0.444 e. The van der Waals surface area contributed by atoms with Crippen LogP contribution in [0.15, 0.2) is 41.0 Å². The van der Waals surface area contributed by atoms with Crippen molar-refractivity contribution in [3.63, 3.8) is 0 Å². The van der Waals surface area contributed by atoms with Crippen molar-refractivity contribution >= 4 is 5.91 Å². The third kappa shape index (κ3) is 5.02. The molecule has 1 unspecified atom stereocenters. The van der Waals surface area contributed by atoms with Crippen molar-refractivity contribution in [3.8, 4) is 11.5 Å². The van der Waals surface area contributed by atoms with Crippen LogP contribution in [0.5, 0.6) is 0 Å². The second-order valence-electron chi connectivity index (χ2n) is 6.13. The summed E-state index contributed by atoms with van der Waals surface area (Å²) in [5.41, 5.74) is 1.58. The van der Waals surface area contributed by atoms with Gasteiger partial charge in [-0.15, -0.1) is 0 Å². The molecule has 0 aliphatic heterocycles. The molecular formula is C18H24N2O2. The van der Waals surface area contributed by atoms with E-state index in [4.69, 9.17) is 4.42 Å². The van der Waals surface area contributed by atoms with Crippen LogP contribution in [-0.2, 0) is 11.2 Å². The lowest BCUT2D eigenvalue weighted by Gasteiger charge is -2.14. The number of amides is 1. The lowest BCUT2D eigenvalue weighted by molar-refractivity contribution is -0.121. The van der Waals surface area contributed by atoms with Crippen molar-refractivity contribution in [1.29, 1.82) is 0 Å². The summed E-state index contributed by atoms with van der Waals surface area (Å²) >= 11 is 0. The maximum absolute atomic E-state index is 12.0. The zero-order valence-electron chi connectivity index (χ0n) is 13.5. The van der Waals surface area contributed by atoms with E-state index in [9.17, 15) is 4.79 Å². The van der Waals surface area contributed by atoms with Crippen molar-refractivity contribution in [2.75, 3.05) is 0 Å². The highest BCUT2D eigenvalue weighted by Crippen LogP contribution is 2.18. The van der Waals surface area contributed by atoms with Crippen molar-refractivity contribution in [2.24, 2.45) is 5.92 Å². The smallest absolute Gasteiger partial charge is 0.226 e. The summed E-state index contributed by atoms with van der Waals surface area (Å²) in [4.78, 5) is 16.4. The third-order valence-electron chi connectivity index (χ3n) is 3.50. The van der Waals surface area contributed by atoms with E-state index in [0.29, 0.717) is 17.5 Å². The van der Waals surface area contributed by atoms with E-state index in [1.165, 1.54) is 0 Å². The van der Waals surface area contributed by atoms with Gasteiger partial charge in [0.15, 0.2) is 0 Å². The molecule has 0 aliphatic carbocycles. The standard InChI is InChI=1S/C18H24N2O2/c1-13(2)9-10-14(3)19-17(21)11-16-12-22-18(20-16)15-7-5-4-6-8-15/h4-8,12-14H,9-11H2,1-3H3,(H,19,21). The summed E-state index contributed by atoms with van der Waals surface area (Å²) in [6.07, 6.45) is 3.92. The van der Waals surface area contributed by atoms with E-state index in [1.807, 2.05) is 37.3 Å². The van der Waals surface area contributed by atoms with Gasteiger partial charge in [0, 0.05) is 11.6 Å². The zero-order chi connectivity index (χ0) is 15.9. The lowest BCUT2D eigenvalue weighted by atomic mass is 10.0. The molecule has 1 N–H and O–H groups in total. The Morgan fingerprint density at radius 1 is 1.18 bits per heavy atom. The molecule has 0 saturated carbocycles. The number of benzene rings is 1. The average Bonchev–Trinajstić information content (AvgIpc) is 2.94. The molecule has 2 aromatic rings. The van der Waals surface area contributed by atoms with Crippen molar-refractivity contribution < 1.29 is 9.21 Å². The Morgan fingerprint density at radius 3 is 2.59 bits per heavy atom. The van der Waals surface area contributed by atoms with Gasteiger partial charge in [0.25, 0.3) is 0 Å². The number of aromatic nitrogens is 1. The SMILES string of the molecule is CC(C)CCC(C)NC(=O)Cc1coc(-c2ccccc2)n1. The van der Waals surface area contributed by atoms with Gasteiger partial charge in [0.2, 0.25) is 11.8 Å². The van der Waals surface area contributed by atoms with E-state index < -0.39 is 0 Å². The van der Waals surface area contributed by atoms with Crippen LogP contribution in [0.2, 0.25) is 0 Å². The molecule has 1 atom stereocenters. The van der Waals surface area contributed by atoms with E-state index in [0.717, 1.165) is 18.4 Å². The highest BCUT2D eigenvalue weighted by molar-refractivity contribution is 5.78. The number of rotatable bonds is 7. The van der Waals surface area contributed by atoms with Crippen LogP contribution in [0.25, 0.3) is 11.5 Å². The molecule has 1 aromatic carbocycles. The Kier molecular flexibility index (Phi) is 5.75. The number of hydrogen-bond donors (Lipinski definition) is 1. The summed E-state index contributed by atoms with van der Waals surface area (Å²) in [5.74, 6) is 1.20. The molecule has 1 aromatic heterocycles. The number of nitrogens with zero attached hydrogens (tertiary/aromatic N) is 1. The van der Waals surface area contributed by atoms with Crippen LogP contribution in [0, 0.1) is 5.92 Å². The van der Waals surface area contributed by atoms with Crippen LogP contribution in [0.4, 0.5) is 0 Å². The van der Waals surface area contributed by atoms with E-state index in [2.05, 4.69) is 24.1 Å². The minimum atomic E-state index is -0.0100. The van der Waals surface area contributed by atoms with Gasteiger partial charge in [0.05, 0.1) is 12.1 Å². The highest BCUT2D eigenvalue weighted by Gasteiger charge is 2.12. The van der Waals surface area contributed by atoms with Gasteiger partial charge < -0.3 is 9.73 Å². The Hall–Kier alpha value is -2.10. The largest absolute Gasteiger partial charge is 0.444 e. The second-order valence-corrected chi connectivity index (χ2v) is 6.13. The normalized spacial score (nSPS) is 12.4. The molecule has 4 heteroatoms. The van der Waals surface area contributed by atoms with Gasteiger partial charge in [-0.1, -0.05) is 32.0 Å². The predicted molar refractivity (Wildman–Crippen MR) is 87.3 cm³/mol. The second kappa shape index (κ2) is 7.78. The quantitative estimate of drug-likeness (QED) is 0.845. The molecule has 0 fully saturated rings. The molecular weight excluding hydrogens is 276 g/mol. The highest BCUT2D eigenvalue weighted by atomic mass is 16.3. The van der Waals surface area contributed by atoms with Crippen LogP contribution >= 0.6 is 0 Å². The molecule has 22 heavy (non-hydrogen) atoms. The molecule has 2 rings (SSSR count). The fourth-order valence-corrected chi connectivity index (χ4v) is 2.25. The Bertz CT molecular complexity index is 590.